The van der Waals surface area contributed by atoms with E-state index in [4.69, 9.17) is 4.74 Å². The van der Waals surface area contributed by atoms with Gasteiger partial charge in [0.2, 0.25) is 0 Å². The van der Waals surface area contributed by atoms with Crippen molar-refractivity contribution in [3.05, 3.63) is 64.0 Å². The molecular weight excluding hydrogens is 348 g/mol. The molecule has 0 radical (unpaired) electrons. The van der Waals surface area contributed by atoms with E-state index < -0.39 is 0 Å². The van der Waals surface area contributed by atoms with E-state index in [2.05, 4.69) is 4.99 Å². The lowest BCUT2D eigenvalue weighted by molar-refractivity contribution is -0.143. The number of ether oxygens (including phenoxy) is 1. The van der Waals surface area contributed by atoms with Gasteiger partial charge in [-0.1, -0.05) is 41.2 Å². The number of benzene rings is 2. The molecule has 1 aromatic heterocycles. The zero-order valence-electron chi connectivity index (χ0n) is 15.0. The zero-order chi connectivity index (χ0) is 18.7. The Hall–Kier alpha value is -2.73. The summed E-state index contributed by atoms with van der Waals surface area (Å²) in [6.07, 6.45) is 0. The van der Waals surface area contributed by atoms with Gasteiger partial charge >= 0.3 is 5.97 Å². The van der Waals surface area contributed by atoms with E-state index in [1.54, 1.807) is 23.6 Å². The molecular formula is C20H20N2O3S. The number of nitrogens with zero attached hydrogens (tertiary/aromatic N) is 2. The van der Waals surface area contributed by atoms with Crippen LogP contribution in [-0.2, 0) is 16.1 Å². The predicted molar refractivity (Wildman–Crippen MR) is 102 cm³/mol. The van der Waals surface area contributed by atoms with Crippen LogP contribution in [0.1, 0.15) is 28.4 Å². The van der Waals surface area contributed by atoms with Gasteiger partial charge < -0.3 is 9.30 Å². The summed E-state index contributed by atoms with van der Waals surface area (Å²) in [6.45, 7) is 6.07. The van der Waals surface area contributed by atoms with Crippen LogP contribution in [0.2, 0.25) is 0 Å². The van der Waals surface area contributed by atoms with Crippen molar-refractivity contribution in [1.82, 2.24) is 4.57 Å². The Kier molecular flexibility index (Phi) is 5.32. The number of esters is 1. The number of hydrogen-bond acceptors (Lipinski definition) is 4. The first kappa shape index (κ1) is 18.1. The number of hydrogen-bond donors (Lipinski definition) is 0. The Labute approximate surface area is 155 Å². The lowest BCUT2D eigenvalue weighted by Gasteiger charge is -2.05. The Bertz CT molecular complexity index is 1030. The molecule has 0 unspecified atom stereocenters. The molecule has 0 spiro atoms. The van der Waals surface area contributed by atoms with E-state index in [0.29, 0.717) is 17.0 Å². The summed E-state index contributed by atoms with van der Waals surface area (Å²) in [4.78, 5) is 29.4. The number of fused-ring (bicyclic) bond motifs is 1. The highest BCUT2D eigenvalue weighted by molar-refractivity contribution is 7.16. The quantitative estimate of drug-likeness (QED) is 0.661. The fourth-order valence-corrected chi connectivity index (χ4v) is 3.75. The van der Waals surface area contributed by atoms with E-state index >= 15 is 0 Å². The third-order valence-corrected chi connectivity index (χ3v) is 5.22. The topological polar surface area (TPSA) is 60.7 Å². The van der Waals surface area contributed by atoms with Crippen molar-refractivity contribution < 1.29 is 14.3 Å². The normalized spacial score (nSPS) is 11.7. The number of carbonyl (C=O) groups is 2. The van der Waals surface area contributed by atoms with E-state index in [-0.39, 0.29) is 18.4 Å². The van der Waals surface area contributed by atoms with Gasteiger partial charge in [0.15, 0.2) is 4.80 Å². The summed E-state index contributed by atoms with van der Waals surface area (Å²) in [6, 6.07) is 13.1. The van der Waals surface area contributed by atoms with Gasteiger partial charge in [0.05, 0.1) is 16.8 Å². The van der Waals surface area contributed by atoms with Crippen molar-refractivity contribution in [3.63, 3.8) is 0 Å². The first-order valence-electron chi connectivity index (χ1n) is 8.40. The van der Waals surface area contributed by atoms with E-state index in [9.17, 15) is 9.59 Å². The highest BCUT2D eigenvalue weighted by Gasteiger charge is 2.13. The van der Waals surface area contributed by atoms with Crippen LogP contribution in [0, 0.1) is 13.8 Å². The smallest absolute Gasteiger partial charge is 0.326 e. The average Bonchev–Trinajstić information content (AvgIpc) is 2.94. The first-order valence-corrected chi connectivity index (χ1v) is 9.21. The molecule has 0 aliphatic heterocycles. The Morgan fingerprint density at radius 3 is 2.54 bits per heavy atom. The van der Waals surface area contributed by atoms with Crippen LogP contribution in [0.15, 0.2) is 47.5 Å². The Morgan fingerprint density at radius 2 is 1.85 bits per heavy atom. The molecule has 3 rings (SSSR count). The molecule has 134 valence electrons. The molecule has 2 aromatic carbocycles. The van der Waals surface area contributed by atoms with Gasteiger partial charge in [-0.3, -0.25) is 9.59 Å². The molecule has 0 atom stereocenters. The van der Waals surface area contributed by atoms with E-state index in [1.807, 2.05) is 44.2 Å². The van der Waals surface area contributed by atoms with Crippen molar-refractivity contribution in [3.8, 4) is 0 Å². The first-order chi connectivity index (χ1) is 12.5. The fraction of sp³-hybridized carbons (Fsp3) is 0.250. The highest BCUT2D eigenvalue weighted by atomic mass is 32.1. The standard InChI is InChI=1S/C20H20N2O3S/c1-4-25-17(23)12-22-16-7-5-6-14(3)18(16)26-20(22)21-19(24)15-10-8-13(2)9-11-15/h5-11H,4,12H2,1-3H3. The molecule has 1 heterocycles. The van der Waals surface area contributed by atoms with Crippen molar-refractivity contribution in [2.75, 3.05) is 6.61 Å². The third kappa shape index (κ3) is 3.75. The largest absolute Gasteiger partial charge is 0.465 e. The van der Waals surface area contributed by atoms with Crippen molar-refractivity contribution >= 4 is 33.4 Å². The minimum atomic E-state index is -0.349. The Balaban J connectivity index is 2.11. The summed E-state index contributed by atoms with van der Waals surface area (Å²) in [7, 11) is 0. The molecule has 0 saturated carbocycles. The SMILES string of the molecule is CCOC(=O)Cn1c(=NC(=O)c2ccc(C)cc2)sc2c(C)cccc21. The monoisotopic (exact) mass is 368 g/mol. The van der Waals surface area contributed by atoms with Gasteiger partial charge in [-0.05, 0) is 44.5 Å². The van der Waals surface area contributed by atoms with Crippen LogP contribution < -0.4 is 4.80 Å². The van der Waals surface area contributed by atoms with Crippen LogP contribution in [0.25, 0.3) is 10.2 Å². The molecule has 6 heteroatoms. The van der Waals surface area contributed by atoms with E-state index in [0.717, 1.165) is 21.3 Å². The molecule has 3 aromatic rings. The maximum atomic E-state index is 12.6. The van der Waals surface area contributed by atoms with Gasteiger partial charge in [-0.15, -0.1) is 0 Å². The minimum absolute atomic E-state index is 0.0251. The van der Waals surface area contributed by atoms with Crippen molar-refractivity contribution in [1.29, 1.82) is 0 Å². The number of thiazole rings is 1. The van der Waals surface area contributed by atoms with E-state index in [1.165, 1.54) is 11.3 Å². The summed E-state index contributed by atoms with van der Waals surface area (Å²) >= 11 is 1.40. The van der Waals surface area contributed by atoms with Crippen LogP contribution in [0.4, 0.5) is 0 Å². The maximum absolute atomic E-state index is 12.6. The third-order valence-electron chi connectivity index (χ3n) is 3.99. The van der Waals surface area contributed by atoms with Crippen molar-refractivity contribution in [2.24, 2.45) is 4.99 Å². The van der Waals surface area contributed by atoms with Gasteiger partial charge in [0.1, 0.15) is 6.54 Å². The lowest BCUT2D eigenvalue weighted by atomic mass is 10.1. The molecule has 0 saturated heterocycles. The second-order valence-corrected chi connectivity index (χ2v) is 6.96. The minimum Gasteiger partial charge on any atom is -0.465 e. The molecule has 5 nitrogen and oxygen atoms in total. The van der Waals surface area contributed by atoms with Gasteiger partial charge in [0, 0.05) is 5.56 Å². The maximum Gasteiger partial charge on any atom is 0.326 e. The second kappa shape index (κ2) is 7.66. The van der Waals surface area contributed by atoms with Crippen LogP contribution in [0.5, 0.6) is 0 Å². The predicted octanol–water partition coefficient (Wildman–Crippen LogP) is 3.62. The average molecular weight is 368 g/mol. The Morgan fingerprint density at radius 1 is 1.12 bits per heavy atom. The number of aryl methyl sites for hydroxylation is 2. The fourth-order valence-electron chi connectivity index (χ4n) is 2.65. The van der Waals surface area contributed by atoms with Gasteiger partial charge in [-0.25, -0.2) is 0 Å². The molecule has 0 aliphatic carbocycles. The molecule has 0 fully saturated rings. The molecule has 1 amide bonds. The lowest BCUT2D eigenvalue weighted by Crippen LogP contribution is -2.23. The number of aromatic nitrogens is 1. The molecule has 0 bridgehead atoms. The van der Waals surface area contributed by atoms with Crippen LogP contribution in [0.3, 0.4) is 0 Å². The van der Waals surface area contributed by atoms with Gasteiger partial charge in [0.25, 0.3) is 5.91 Å². The van der Waals surface area contributed by atoms with Gasteiger partial charge in [-0.2, -0.15) is 4.99 Å². The van der Waals surface area contributed by atoms with Crippen molar-refractivity contribution in [2.45, 2.75) is 27.3 Å². The molecule has 0 N–H and O–H groups in total. The molecule has 26 heavy (non-hydrogen) atoms. The number of rotatable bonds is 4. The highest BCUT2D eigenvalue weighted by Crippen LogP contribution is 2.21. The van der Waals surface area contributed by atoms with Crippen LogP contribution >= 0.6 is 11.3 Å². The number of carbonyl (C=O) groups excluding carboxylic acids is 2. The summed E-state index contributed by atoms with van der Waals surface area (Å²) in [5, 5.41) is 0. The molecule has 0 aliphatic rings. The van der Waals surface area contributed by atoms with Crippen LogP contribution in [-0.4, -0.2) is 23.1 Å². The number of amides is 1. The zero-order valence-corrected chi connectivity index (χ0v) is 15.8. The second-order valence-electron chi connectivity index (χ2n) is 5.98. The summed E-state index contributed by atoms with van der Waals surface area (Å²) in [5.74, 6) is -0.676. The summed E-state index contributed by atoms with van der Waals surface area (Å²) < 4.78 is 7.82. The summed E-state index contributed by atoms with van der Waals surface area (Å²) in [5.41, 5.74) is 3.55.